The Morgan fingerprint density at radius 2 is 1.68 bits per heavy atom. The number of benzene rings is 1. The maximum absolute atomic E-state index is 11.7. The third kappa shape index (κ3) is 3.46. The highest BCUT2D eigenvalue weighted by atomic mass is 16.5. The summed E-state index contributed by atoms with van der Waals surface area (Å²) in [5, 5.41) is 10.5. The Bertz CT molecular complexity index is 950. The summed E-state index contributed by atoms with van der Waals surface area (Å²) in [5.74, 6) is 0.782. The number of hydrogen-bond donors (Lipinski definition) is 1. The predicted octanol–water partition coefficient (Wildman–Crippen LogP) is 2.99. The van der Waals surface area contributed by atoms with Crippen LogP contribution in [0.25, 0.3) is 21.9 Å². The molecule has 0 spiro atoms. The van der Waals surface area contributed by atoms with Crippen molar-refractivity contribution >= 4 is 21.9 Å². The summed E-state index contributed by atoms with van der Waals surface area (Å²) in [6.07, 6.45) is 0. The molecule has 2 aromatic heterocycles. The summed E-state index contributed by atoms with van der Waals surface area (Å²) in [6, 6.07) is 3.49. The number of aliphatic hydroxyl groups is 1. The lowest BCUT2D eigenvalue weighted by atomic mass is 10.0. The van der Waals surface area contributed by atoms with Gasteiger partial charge in [0.25, 0.3) is 0 Å². The van der Waals surface area contributed by atoms with Gasteiger partial charge >= 0.3 is 5.63 Å². The van der Waals surface area contributed by atoms with E-state index in [-0.39, 0.29) is 12.2 Å². The first-order valence-electron chi connectivity index (χ1n) is 8.25. The molecule has 3 aromatic rings. The monoisotopic (exact) mass is 346 g/mol. The second-order valence-corrected chi connectivity index (χ2v) is 6.03. The Morgan fingerprint density at radius 1 is 0.960 bits per heavy atom. The van der Waals surface area contributed by atoms with Crippen LogP contribution >= 0.6 is 0 Å². The van der Waals surface area contributed by atoms with Crippen molar-refractivity contribution in [1.29, 1.82) is 0 Å². The molecule has 0 aliphatic carbocycles. The molecule has 3 rings (SSSR count). The van der Waals surface area contributed by atoms with Crippen LogP contribution in [0, 0.1) is 20.8 Å². The first kappa shape index (κ1) is 17.7. The molecule has 0 radical (unpaired) electrons. The Balaban J connectivity index is 1.94. The molecule has 0 saturated heterocycles. The number of hydrogen-bond acceptors (Lipinski definition) is 6. The van der Waals surface area contributed by atoms with Gasteiger partial charge in [-0.05, 0) is 32.4 Å². The third-order valence-electron chi connectivity index (χ3n) is 4.28. The van der Waals surface area contributed by atoms with E-state index >= 15 is 0 Å². The van der Waals surface area contributed by atoms with Gasteiger partial charge in [0.1, 0.15) is 16.9 Å². The molecule has 0 amide bonds. The quantitative estimate of drug-likeness (QED) is 0.523. The largest absolute Gasteiger partial charge is 0.461 e. The molecule has 6 heteroatoms. The number of aliphatic hydroxyl groups excluding tert-OH is 1. The van der Waals surface area contributed by atoms with Crippen LogP contribution in [0.3, 0.4) is 0 Å². The number of aryl methyl sites for hydroxylation is 3. The third-order valence-corrected chi connectivity index (χ3v) is 4.28. The van der Waals surface area contributed by atoms with Crippen LogP contribution in [0.2, 0.25) is 0 Å². The van der Waals surface area contributed by atoms with Gasteiger partial charge in [0, 0.05) is 28.0 Å². The van der Waals surface area contributed by atoms with Crippen LogP contribution in [0.15, 0.2) is 25.8 Å². The van der Waals surface area contributed by atoms with Crippen molar-refractivity contribution in [1.82, 2.24) is 0 Å². The molecule has 0 aliphatic heterocycles. The topological polar surface area (TPSA) is 82.0 Å². The molecule has 25 heavy (non-hydrogen) atoms. The minimum Gasteiger partial charge on any atom is -0.461 e. The number of furan rings is 1. The van der Waals surface area contributed by atoms with Gasteiger partial charge in [-0.1, -0.05) is 0 Å². The molecule has 134 valence electrons. The highest BCUT2D eigenvalue weighted by molar-refractivity contribution is 5.99. The van der Waals surface area contributed by atoms with E-state index in [2.05, 4.69) is 0 Å². The number of rotatable bonds is 7. The molecule has 1 aromatic carbocycles. The van der Waals surface area contributed by atoms with E-state index in [9.17, 15) is 4.79 Å². The summed E-state index contributed by atoms with van der Waals surface area (Å²) < 4.78 is 22.1. The van der Waals surface area contributed by atoms with E-state index in [1.807, 2.05) is 26.8 Å². The molecule has 0 bridgehead atoms. The first-order valence-corrected chi connectivity index (χ1v) is 8.25. The van der Waals surface area contributed by atoms with Crippen molar-refractivity contribution in [3.05, 3.63) is 45.0 Å². The van der Waals surface area contributed by atoms with Crippen LogP contribution in [-0.4, -0.2) is 31.5 Å². The fourth-order valence-electron chi connectivity index (χ4n) is 2.99. The number of ether oxygens (including phenoxy) is 2. The maximum Gasteiger partial charge on any atom is 0.336 e. The van der Waals surface area contributed by atoms with Crippen LogP contribution in [0.1, 0.15) is 22.5 Å². The smallest absolute Gasteiger partial charge is 0.336 e. The lowest BCUT2D eigenvalue weighted by Gasteiger charge is -2.06. The molecule has 0 aliphatic rings. The fraction of sp³-hybridized carbons (Fsp3) is 0.421. The standard InChI is InChI=1S/C19H22O6/c1-11-8-17(21)25-18-12(2)19-15(9-14(11)18)16(13(3)24-19)10-23-7-6-22-5-4-20/h8-9,20H,4-7,10H2,1-3H3. The van der Waals surface area contributed by atoms with Crippen molar-refractivity contribution in [3.8, 4) is 0 Å². The Labute approximate surface area is 144 Å². The lowest BCUT2D eigenvalue weighted by molar-refractivity contribution is 0.0274. The van der Waals surface area contributed by atoms with Crippen molar-refractivity contribution in [3.63, 3.8) is 0 Å². The van der Waals surface area contributed by atoms with E-state index in [0.29, 0.717) is 37.6 Å². The molecule has 2 heterocycles. The fourth-order valence-corrected chi connectivity index (χ4v) is 2.99. The average molecular weight is 346 g/mol. The molecular formula is C19H22O6. The van der Waals surface area contributed by atoms with Gasteiger partial charge in [0.2, 0.25) is 0 Å². The van der Waals surface area contributed by atoms with E-state index in [0.717, 1.165) is 33.2 Å². The van der Waals surface area contributed by atoms with Gasteiger partial charge < -0.3 is 23.4 Å². The van der Waals surface area contributed by atoms with E-state index < -0.39 is 0 Å². The summed E-state index contributed by atoms with van der Waals surface area (Å²) in [7, 11) is 0. The van der Waals surface area contributed by atoms with Gasteiger partial charge in [-0.15, -0.1) is 0 Å². The Hall–Kier alpha value is -2.15. The van der Waals surface area contributed by atoms with Crippen LogP contribution in [0.4, 0.5) is 0 Å². The zero-order valence-corrected chi connectivity index (χ0v) is 14.7. The Morgan fingerprint density at radius 3 is 2.44 bits per heavy atom. The van der Waals surface area contributed by atoms with Gasteiger partial charge in [-0.2, -0.15) is 0 Å². The molecule has 6 nitrogen and oxygen atoms in total. The van der Waals surface area contributed by atoms with Gasteiger partial charge in [-0.3, -0.25) is 0 Å². The highest BCUT2D eigenvalue weighted by Crippen LogP contribution is 2.34. The van der Waals surface area contributed by atoms with Crippen LogP contribution < -0.4 is 5.63 Å². The summed E-state index contributed by atoms with van der Waals surface area (Å²) in [4.78, 5) is 11.7. The summed E-state index contributed by atoms with van der Waals surface area (Å²) in [6.45, 7) is 7.28. The van der Waals surface area contributed by atoms with Crippen molar-refractivity contribution in [2.45, 2.75) is 27.4 Å². The summed E-state index contributed by atoms with van der Waals surface area (Å²) in [5.41, 5.74) is 3.59. The average Bonchev–Trinajstić information content (AvgIpc) is 2.88. The van der Waals surface area contributed by atoms with Crippen LogP contribution in [-0.2, 0) is 16.1 Å². The van der Waals surface area contributed by atoms with Crippen LogP contribution in [0.5, 0.6) is 0 Å². The molecule has 1 N–H and O–H groups in total. The lowest BCUT2D eigenvalue weighted by Crippen LogP contribution is -2.07. The second kappa shape index (κ2) is 7.39. The predicted molar refractivity (Wildman–Crippen MR) is 94.0 cm³/mol. The van der Waals surface area contributed by atoms with E-state index in [4.69, 9.17) is 23.4 Å². The molecule has 0 unspecified atom stereocenters. The normalized spacial score (nSPS) is 11.7. The maximum atomic E-state index is 11.7. The first-order chi connectivity index (χ1) is 12.0. The second-order valence-electron chi connectivity index (χ2n) is 6.03. The van der Waals surface area contributed by atoms with Gasteiger partial charge in [0.15, 0.2) is 0 Å². The molecular weight excluding hydrogens is 324 g/mol. The van der Waals surface area contributed by atoms with E-state index in [1.165, 1.54) is 6.07 Å². The van der Waals surface area contributed by atoms with Crippen molar-refractivity contribution in [2.75, 3.05) is 26.4 Å². The van der Waals surface area contributed by atoms with Gasteiger partial charge in [-0.25, -0.2) is 4.79 Å². The zero-order valence-electron chi connectivity index (χ0n) is 14.7. The molecule has 0 fully saturated rings. The minimum atomic E-state index is -0.359. The Kier molecular flexibility index (Phi) is 5.22. The number of fused-ring (bicyclic) bond motifs is 2. The minimum absolute atomic E-state index is 0.00725. The molecule has 0 atom stereocenters. The van der Waals surface area contributed by atoms with Crippen molar-refractivity contribution in [2.24, 2.45) is 0 Å². The highest BCUT2D eigenvalue weighted by Gasteiger charge is 2.17. The molecule has 0 saturated carbocycles. The zero-order chi connectivity index (χ0) is 18.0. The van der Waals surface area contributed by atoms with Crippen molar-refractivity contribution < 1.29 is 23.4 Å². The SMILES string of the molecule is Cc1oc2c(C)c3oc(=O)cc(C)c3cc2c1COCCOCCO. The van der Waals surface area contributed by atoms with Gasteiger partial charge in [0.05, 0.1) is 33.0 Å². The summed E-state index contributed by atoms with van der Waals surface area (Å²) >= 11 is 0. The van der Waals surface area contributed by atoms with E-state index in [1.54, 1.807) is 0 Å².